The average Bonchev–Trinajstić information content (AvgIpc) is 2.42. The van der Waals surface area contributed by atoms with Crippen molar-refractivity contribution >= 4 is 17.3 Å². The van der Waals surface area contributed by atoms with E-state index in [4.69, 9.17) is 10.5 Å². The van der Waals surface area contributed by atoms with Crippen LogP contribution in [0.25, 0.3) is 0 Å². The van der Waals surface area contributed by atoms with Gasteiger partial charge in [0.05, 0.1) is 18.8 Å². The number of hydrogen-bond donors (Lipinski definition) is 2. The van der Waals surface area contributed by atoms with Gasteiger partial charge in [-0.3, -0.25) is 9.69 Å². The number of nitrogens with two attached hydrogens (primary N) is 1. The monoisotopic (exact) mass is 291 g/mol. The van der Waals surface area contributed by atoms with Crippen LogP contribution in [0.2, 0.25) is 0 Å². The van der Waals surface area contributed by atoms with E-state index in [0.29, 0.717) is 17.1 Å². The van der Waals surface area contributed by atoms with E-state index >= 15 is 0 Å². The topological polar surface area (TPSA) is 67.6 Å². The molecule has 0 heterocycles. The van der Waals surface area contributed by atoms with Gasteiger partial charge in [0.15, 0.2) is 0 Å². The minimum atomic E-state index is -0.184. The van der Waals surface area contributed by atoms with Crippen molar-refractivity contribution in [2.45, 2.75) is 32.2 Å². The Bertz CT molecular complexity index is 500. The first-order chi connectivity index (χ1) is 10.0. The van der Waals surface area contributed by atoms with Crippen LogP contribution < -0.4 is 15.8 Å². The molecule has 1 aromatic rings. The van der Waals surface area contributed by atoms with E-state index in [2.05, 4.69) is 10.2 Å². The molecule has 0 bridgehead atoms. The molecule has 1 atom stereocenters. The van der Waals surface area contributed by atoms with Gasteiger partial charge in [-0.1, -0.05) is 6.42 Å². The number of rotatable bonds is 6. The Hall–Kier alpha value is -1.75. The van der Waals surface area contributed by atoms with Crippen LogP contribution in [-0.2, 0) is 4.79 Å². The largest absolute Gasteiger partial charge is 0.495 e. The quantitative estimate of drug-likeness (QED) is 0.789. The van der Waals surface area contributed by atoms with E-state index < -0.39 is 0 Å². The molecule has 21 heavy (non-hydrogen) atoms. The Morgan fingerprint density at radius 2 is 2.24 bits per heavy atom. The summed E-state index contributed by atoms with van der Waals surface area (Å²) in [4.78, 5) is 14.5. The summed E-state index contributed by atoms with van der Waals surface area (Å²) in [5.41, 5.74) is 6.98. The minimum Gasteiger partial charge on any atom is -0.495 e. The van der Waals surface area contributed by atoms with Crippen molar-refractivity contribution in [2.75, 3.05) is 31.8 Å². The average molecular weight is 291 g/mol. The minimum absolute atomic E-state index is 0.0410. The molecule has 0 aliphatic heterocycles. The van der Waals surface area contributed by atoms with Crippen LogP contribution >= 0.6 is 0 Å². The number of nitrogen functional groups attached to an aromatic ring is 1. The van der Waals surface area contributed by atoms with E-state index in [1.54, 1.807) is 25.3 Å². The molecule has 1 unspecified atom stereocenters. The maximum Gasteiger partial charge on any atom is 0.241 e. The highest BCUT2D eigenvalue weighted by Gasteiger charge is 2.24. The predicted octanol–water partition coefficient (Wildman–Crippen LogP) is 2.34. The fourth-order valence-corrected chi connectivity index (χ4v) is 2.50. The van der Waals surface area contributed by atoms with E-state index in [0.717, 1.165) is 12.5 Å². The lowest BCUT2D eigenvalue weighted by molar-refractivity contribution is -0.120. The van der Waals surface area contributed by atoms with Crippen LogP contribution in [0.1, 0.15) is 26.2 Å². The summed E-state index contributed by atoms with van der Waals surface area (Å²) in [5, 5.41) is 2.91. The second-order valence-electron chi connectivity index (χ2n) is 5.86. The Morgan fingerprint density at radius 1 is 1.52 bits per heavy atom. The molecule has 1 aliphatic carbocycles. The molecule has 2 rings (SSSR count). The molecule has 5 heteroatoms. The fourth-order valence-electron chi connectivity index (χ4n) is 2.50. The zero-order valence-electron chi connectivity index (χ0n) is 13.1. The van der Waals surface area contributed by atoms with Crippen molar-refractivity contribution < 1.29 is 9.53 Å². The smallest absolute Gasteiger partial charge is 0.241 e. The zero-order valence-corrected chi connectivity index (χ0v) is 13.1. The normalized spacial score (nSPS) is 16.4. The molecule has 0 radical (unpaired) electrons. The highest BCUT2D eigenvalue weighted by Crippen LogP contribution is 2.28. The summed E-state index contributed by atoms with van der Waals surface area (Å²) in [6.45, 7) is 2.90. The van der Waals surface area contributed by atoms with Gasteiger partial charge in [-0.25, -0.2) is 0 Å². The number of amides is 1. The molecule has 1 saturated carbocycles. The first kappa shape index (κ1) is 15.6. The van der Waals surface area contributed by atoms with Gasteiger partial charge in [-0.2, -0.15) is 0 Å². The lowest BCUT2D eigenvalue weighted by atomic mass is 9.85. The Balaban J connectivity index is 1.97. The molecule has 0 aromatic heterocycles. The van der Waals surface area contributed by atoms with Gasteiger partial charge < -0.3 is 15.8 Å². The highest BCUT2D eigenvalue weighted by atomic mass is 16.5. The number of anilines is 2. The fraction of sp³-hybridized carbons (Fsp3) is 0.562. The number of carbonyl (C=O) groups excluding carboxylic acids is 1. The van der Waals surface area contributed by atoms with Crippen LogP contribution in [0.5, 0.6) is 5.75 Å². The van der Waals surface area contributed by atoms with E-state index in [1.165, 1.54) is 19.3 Å². The molecule has 1 aromatic carbocycles. The van der Waals surface area contributed by atoms with E-state index in [-0.39, 0.29) is 11.9 Å². The highest BCUT2D eigenvalue weighted by molar-refractivity contribution is 5.96. The van der Waals surface area contributed by atoms with Crippen molar-refractivity contribution in [1.29, 1.82) is 0 Å². The number of methoxy groups -OCH3 is 1. The second kappa shape index (κ2) is 6.80. The summed E-state index contributed by atoms with van der Waals surface area (Å²) >= 11 is 0. The first-order valence-corrected chi connectivity index (χ1v) is 7.46. The van der Waals surface area contributed by atoms with Crippen molar-refractivity contribution in [1.82, 2.24) is 4.90 Å². The third-order valence-corrected chi connectivity index (χ3v) is 4.29. The lowest BCUT2D eigenvalue weighted by Gasteiger charge is -2.32. The maximum atomic E-state index is 12.4. The Kier molecular flexibility index (Phi) is 5.07. The second-order valence-corrected chi connectivity index (χ2v) is 5.86. The summed E-state index contributed by atoms with van der Waals surface area (Å²) in [5.74, 6) is 1.32. The molecule has 0 saturated heterocycles. The first-order valence-electron chi connectivity index (χ1n) is 7.46. The molecular formula is C16H25N3O2. The van der Waals surface area contributed by atoms with Gasteiger partial charge in [0.25, 0.3) is 0 Å². The molecular weight excluding hydrogens is 266 g/mol. The SMILES string of the molecule is COc1ccc(N)cc1NC(=O)C(C)N(C)CC1CCC1. The lowest BCUT2D eigenvalue weighted by Crippen LogP contribution is -2.42. The number of hydrogen-bond acceptors (Lipinski definition) is 4. The molecule has 1 amide bonds. The van der Waals surface area contributed by atoms with Crippen molar-refractivity contribution in [3.63, 3.8) is 0 Å². The maximum absolute atomic E-state index is 12.4. The number of ether oxygens (including phenoxy) is 1. The van der Waals surface area contributed by atoms with Crippen molar-refractivity contribution in [3.8, 4) is 5.75 Å². The van der Waals surface area contributed by atoms with Crippen LogP contribution in [0, 0.1) is 5.92 Å². The van der Waals surface area contributed by atoms with Gasteiger partial charge >= 0.3 is 0 Å². The van der Waals surface area contributed by atoms with E-state index in [9.17, 15) is 4.79 Å². The van der Waals surface area contributed by atoms with Crippen LogP contribution in [-0.4, -0.2) is 37.6 Å². The van der Waals surface area contributed by atoms with Crippen LogP contribution in [0.15, 0.2) is 18.2 Å². The Labute approximate surface area is 126 Å². The van der Waals surface area contributed by atoms with Gasteiger partial charge in [0, 0.05) is 12.2 Å². The van der Waals surface area contributed by atoms with Gasteiger partial charge in [0.1, 0.15) is 5.75 Å². The van der Waals surface area contributed by atoms with Crippen LogP contribution in [0.4, 0.5) is 11.4 Å². The van der Waals surface area contributed by atoms with Crippen molar-refractivity contribution in [3.05, 3.63) is 18.2 Å². The standard InChI is InChI=1S/C16H25N3O2/c1-11(19(2)10-12-5-4-6-12)16(20)18-14-9-13(17)7-8-15(14)21-3/h7-9,11-12H,4-6,10,17H2,1-3H3,(H,18,20). The summed E-state index contributed by atoms with van der Waals surface area (Å²) in [6, 6.07) is 5.04. The number of carbonyl (C=O) groups is 1. The van der Waals surface area contributed by atoms with Crippen molar-refractivity contribution in [2.24, 2.45) is 5.92 Å². The van der Waals surface area contributed by atoms with Gasteiger partial charge in [0.2, 0.25) is 5.91 Å². The Morgan fingerprint density at radius 3 is 2.81 bits per heavy atom. The summed E-state index contributed by atoms with van der Waals surface area (Å²) in [6.07, 6.45) is 3.88. The number of likely N-dealkylation sites (N-methyl/N-ethyl adjacent to an activating group) is 1. The molecule has 0 spiro atoms. The third-order valence-electron chi connectivity index (χ3n) is 4.29. The van der Waals surface area contributed by atoms with Gasteiger partial charge in [-0.15, -0.1) is 0 Å². The molecule has 1 fully saturated rings. The third kappa shape index (κ3) is 3.88. The summed E-state index contributed by atoms with van der Waals surface area (Å²) < 4.78 is 5.25. The van der Waals surface area contributed by atoms with Crippen LogP contribution in [0.3, 0.4) is 0 Å². The zero-order chi connectivity index (χ0) is 15.4. The molecule has 3 N–H and O–H groups in total. The molecule has 5 nitrogen and oxygen atoms in total. The van der Waals surface area contributed by atoms with Gasteiger partial charge in [-0.05, 0) is 50.9 Å². The van der Waals surface area contributed by atoms with E-state index in [1.807, 2.05) is 14.0 Å². The molecule has 1 aliphatic rings. The number of benzene rings is 1. The summed E-state index contributed by atoms with van der Waals surface area (Å²) in [7, 11) is 3.58. The number of nitrogens with one attached hydrogen (secondary N) is 1. The number of nitrogens with zero attached hydrogens (tertiary/aromatic N) is 1. The predicted molar refractivity (Wildman–Crippen MR) is 85.5 cm³/mol. The molecule has 116 valence electrons.